The standard InChI is InChI=1S/C22H29FN4OS/c1-16-4-3-5-17(2)27(16)21(28)14-25-10-12-26(13-11-25)22-24-20(15-29-22)18-6-8-19(23)9-7-18/h6-9,15-17H,3-5,10-14H2,1-2H3/t16-,17-/m0/s1. The Morgan fingerprint density at radius 2 is 1.76 bits per heavy atom. The summed E-state index contributed by atoms with van der Waals surface area (Å²) in [6.45, 7) is 8.34. The molecule has 29 heavy (non-hydrogen) atoms. The van der Waals surface area contributed by atoms with E-state index in [-0.39, 0.29) is 11.7 Å². The Balaban J connectivity index is 1.31. The highest BCUT2D eigenvalue weighted by Gasteiger charge is 2.30. The smallest absolute Gasteiger partial charge is 0.237 e. The molecule has 2 fully saturated rings. The van der Waals surface area contributed by atoms with E-state index in [1.54, 1.807) is 23.5 Å². The van der Waals surface area contributed by atoms with E-state index < -0.39 is 0 Å². The predicted molar refractivity (Wildman–Crippen MR) is 116 cm³/mol. The summed E-state index contributed by atoms with van der Waals surface area (Å²) in [5.74, 6) is 0.0363. The zero-order valence-corrected chi connectivity index (χ0v) is 18.0. The van der Waals surface area contributed by atoms with Crippen molar-refractivity contribution in [2.75, 3.05) is 37.6 Å². The van der Waals surface area contributed by atoms with Crippen LogP contribution in [0.4, 0.5) is 9.52 Å². The van der Waals surface area contributed by atoms with E-state index in [4.69, 9.17) is 4.98 Å². The normalized spacial score (nSPS) is 23.4. The molecule has 2 aliphatic rings. The summed E-state index contributed by atoms with van der Waals surface area (Å²) in [5, 5.41) is 3.02. The lowest BCUT2D eigenvalue weighted by atomic mass is 9.97. The van der Waals surface area contributed by atoms with Crippen LogP contribution in [0.3, 0.4) is 0 Å². The highest BCUT2D eigenvalue weighted by molar-refractivity contribution is 7.14. The maximum absolute atomic E-state index is 13.1. The molecule has 0 bridgehead atoms. The second-order valence-corrected chi connectivity index (χ2v) is 9.05. The summed E-state index contributed by atoms with van der Waals surface area (Å²) in [5.41, 5.74) is 1.82. The number of likely N-dealkylation sites (tertiary alicyclic amines) is 1. The maximum atomic E-state index is 13.1. The molecule has 1 aromatic carbocycles. The number of piperidine rings is 1. The van der Waals surface area contributed by atoms with Crippen LogP contribution >= 0.6 is 11.3 Å². The number of carbonyl (C=O) groups is 1. The molecule has 2 saturated heterocycles. The number of nitrogens with zero attached hydrogens (tertiary/aromatic N) is 4. The van der Waals surface area contributed by atoms with Gasteiger partial charge in [0.2, 0.25) is 5.91 Å². The lowest BCUT2D eigenvalue weighted by Crippen LogP contribution is -2.54. The lowest BCUT2D eigenvalue weighted by Gasteiger charge is -2.41. The largest absolute Gasteiger partial charge is 0.346 e. The van der Waals surface area contributed by atoms with E-state index >= 15 is 0 Å². The van der Waals surface area contributed by atoms with Crippen molar-refractivity contribution in [1.82, 2.24) is 14.8 Å². The maximum Gasteiger partial charge on any atom is 0.237 e. The highest BCUT2D eigenvalue weighted by atomic mass is 32.1. The molecule has 1 aromatic heterocycles. The van der Waals surface area contributed by atoms with Gasteiger partial charge in [-0.3, -0.25) is 9.69 Å². The highest BCUT2D eigenvalue weighted by Crippen LogP contribution is 2.28. The van der Waals surface area contributed by atoms with Crippen LogP contribution in [-0.2, 0) is 4.79 Å². The van der Waals surface area contributed by atoms with Crippen LogP contribution in [0.25, 0.3) is 11.3 Å². The first-order valence-corrected chi connectivity index (χ1v) is 11.4. The van der Waals surface area contributed by atoms with E-state index in [0.717, 1.165) is 55.4 Å². The fourth-order valence-electron chi connectivity index (χ4n) is 4.45. The van der Waals surface area contributed by atoms with Gasteiger partial charge < -0.3 is 9.80 Å². The van der Waals surface area contributed by atoms with Crippen molar-refractivity contribution in [3.63, 3.8) is 0 Å². The molecule has 5 nitrogen and oxygen atoms in total. The van der Waals surface area contributed by atoms with Crippen LogP contribution in [0.15, 0.2) is 29.6 Å². The third kappa shape index (κ3) is 4.61. The molecule has 4 rings (SSSR count). The third-order valence-corrected chi connectivity index (χ3v) is 7.02. The minimum atomic E-state index is -0.233. The molecule has 2 atom stereocenters. The molecule has 0 aliphatic carbocycles. The van der Waals surface area contributed by atoms with Gasteiger partial charge in [-0.1, -0.05) is 0 Å². The lowest BCUT2D eigenvalue weighted by molar-refractivity contribution is -0.138. The molecule has 156 valence electrons. The number of amides is 1. The number of aromatic nitrogens is 1. The molecule has 3 heterocycles. The summed E-state index contributed by atoms with van der Waals surface area (Å²) in [4.78, 5) is 24.2. The molecule has 1 amide bonds. The third-order valence-electron chi connectivity index (χ3n) is 6.12. The Bertz CT molecular complexity index is 822. The molecule has 0 N–H and O–H groups in total. The van der Waals surface area contributed by atoms with Gasteiger partial charge >= 0.3 is 0 Å². The van der Waals surface area contributed by atoms with Gasteiger partial charge in [0.05, 0.1) is 12.2 Å². The number of hydrogen-bond donors (Lipinski definition) is 0. The number of piperazine rings is 1. The van der Waals surface area contributed by atoms with E-state index in [9.17, 15) is 9.18 Å². The predicted octanol–water partition coefficient (Wildman–Crippen LogP) is 3.86. The van der Waals surface area contributed by atoms with E-state index in [1.165, 1.54) is 18.6 Å². The number of thiazole rings is 1. The molecule has 7 heteroatoms. The average molecular weight is 417 g/mol. The Labute approximate surface area is 176 Å². The van der Waals surface area contributed by atoms with E-state index in [1.807, 2.05) is 5.38 Å². The molecular weight excluding hydrogens is 387 g/mol. The molecule has 0 spiro atoms. The van der Waals surface area contributed by atoms with Crippen molar-refractivity contribution in [1.29, 1.82) is 0 Å². The van der Waals surface area contributed by atoms with Crippen LogP contribution in [0.2, 0.25) is 0 Å². The van der Waals surface area contributed by atoms with Crippen LogP contribution in [0.1, 0.15) is 33.1 Å². The fourth-order valence-corrected chi connectivity index (χ4v) is 5.33. The number of hydrogen-bond acceptors (Lipinski definition) is 5. The van der Waals surface area contributed by atoms with E-state index in [2.05, 4.69) is 28.5 Å². The minimum Gasteiger partial charge on any atom is -0.346 e. The number of anilines is 1. The summed E-state index contributed by atoms with van der Waals surface area (Å²) >= 11 is 1.62. The van der Waals surface area contributed by atoms with Gasteiger partial charge in [0.1, 0.15) is 5.82 Å². The zero-order chi connectivity index (χ0) is 20.4. The van der Waals surface area contributed by atoms with E-state index in [0.29, 0.717) is 18.6 Å². The molecule has 0 saturated carbocycles. The molecule has 2 aliphatic heterocycles. The second-order valence-electron chi connectivity index (χ2n) is 8.22. The van der Waals surface area contributed by atoms with Gasteiger partial charge in [0, 0.05) is 49.2 Å². The Hall–Kier alpha value is -1.99. The number of benzene rings is 1. The quantitative estimate of drug-likeness (QED) is 0.759. The molecule has 0 unspecified atom stereocenters. The first kappa shape index (κ1) is 20.3. The Morgan fingerprint density at radius 3 is 2.41 bits per heavy atom. The van der Waals surface area contributed by atoms with Crippen molar-refractivity contribution in [2.45, 2.75) is 45.2 Å². The minimum absolute atomic E-state index is 0.233. The first-order valence-electron chi connectivity index (χ1n) is 10.5. The van der Waals surface area contributed by atoms with Crippen LogP contribution < -0.4 is 4.90 Å². The summed E-state index contributed by atoms with van der Waals surface area (Å²) in [7, 11) is 0. The summed E-state index contributed by atoms with van der Waals surface area (Å²) in [6, 6.07) is 7.17. The summed E-state index contributed by atoms with van der Waals surface area (Å²) < 4.78 is 13.1. The average Bonchev–Trinajstić information content (AvgIpc) is 3.19. The molecule has 2 aromatic rings. The van der Waals surface area contributed by atoms with Gasteiger partial charge in [-0.2, -0.15) is 0 Å². The first-order chi connectivity index (χ1) is 14.0. The van der Waals surface area contributed by atoms with Crippen LogP contribution in [0, 0.1) is 5.82 Å². The van der Waals surface area contributed by atoms with Gasteiger partial charge in [-0.05, 0) is 57.4 Å². The summed E-state index contributed by atoms with van der Waals surface area (Å²) in [6.07, 6.45) is 3.45. The topological polar surface area (TPSA) is 39.7 Å². The second kappa shape index (κ2) is 8.79. The Kier molecular flexibility index (Phi) is 6.15. The number of carbonyl (C=O) groups excluding carboxylic acids is 1. The van der Waals surface area contributed by atoms with Crippen molar-refractivity contribution in [3.8, 4) is 11.3 Å². The van der Waals surface area contributed by atoms with Crippen molar-refractivity contribution in [2.24, 2.45) is 0 Å². The van der Waals surface area contributed by atoms with Crippen molar-refractivity contribution >= 4 is 22.4 Å². The van der Waals surface area contributed by atoms with Crippen molar-refractivity contribution in [3.05, 3.63) is 35.5 Å². The van der Waals surface area contributed by atoms with Crippen LogP contribution in [0.5, 0.6) is 0 Å². The van der Waals surface area contributed by atoms with Crippen LogP contribution in [-0.4, -0.2) is 65.5 Å². The molecular formula is C22H29FN4OS. The number of rotatable bonds is 4. The zero-order valence-electron chi connectivity index (χ0n) is 17.2. The SMILES string of the molecule is C[C@H]1CCC[C@H](C)N1C(=O)CN1CCN(c2nc(-c3ccc(F)cc3)cs2)CC1. The van der Waals surface area contributed by atoms with Gasteiger partial charge in [0.15, 0.2) is 5.13 Å². The van der Waals surface area contributed by atoms with Gasteiger partial charge in [-0.25, -0.2) is 9.37 Å². The fraction of sp³-hybridized carbons (Fsp3) is 0.545. The monoisotopic (exact) mass is 416 g/mol. The number of halogens is 1. The Morgan fingerprint density at radius 1 is 1.10 bits per heavy atom. The molecule has 0 radical (unpaired) electrons. The van der Waals surface area contributed by atoms with Gasteiger partial charge in [0.25, 0.3) is 0 Å². The van der Waals surface area contributed by atoms with Crippen molar-refractivity contribution < 1.29 is 9.18 Å². The van der Waals surface area contributed by atoms with Gasteiger partial charge in [-0.15, -0.1) is 11.3 Å².